The average molecular weight is 503 g/mol. The number of hydrogen-bond acceptors (Lipinski definition) is 6. The number of hydrazone groups is 1. The van der Waals surface area contributed by atoms with E-state index >= 15 is 0 Å². The molecule has 10 heteroatoms. The van der Waals surface area contributed by atoms with Gasteiger partial charge in [0.05, 0.1) is 12.3 Å². The molecule has 0 saturated heterocycles. The smallest absolute Gasteiger partial charge is 0.329 e. The molecule has 0 spiro atoms. The molecule has 0 unspecified atom stereocenters. The molecule has 0 radical (unpaired) electrons. The highest BCUT2D eigenvalue weighted by Crippen LogP contribution is 2.21. The summed E-state index contributed by atoms with van der Waals surface area (Å²) in [6, 6.07) is 12.3. The third-order valence-electron chi connectivity index (χ3n) is 4.61. The monoisotopic (exact) mass is 502 g/mol. The summed E-state index contributed by atoms with van der Waals surface area (Å²) in [5.74, 6) is -1.73. The van der Waals surface area contributed by atoms with Crippen molar-refractivity contribution in [2.24, 2.45) is 5.10 Å². The van der Waals surface area contributed by atoms with Crippen molar-refractivity contribution in [3.05, 3.63) is 58.6 Å². The van der Waals surface area contributed by atoms with E-state index in [0.717, 1.165) is 6.42 Å². The summed E-state index contributed by atoms with van der Waals surface area (Å²) in [6.45, 7) is 6.44. The number of benzene rings is 2. The number of rotatable bonds is 12. The topological polar surface area (TPSA) is 118 Å². The molecule has 0 aromatic heterocycles. The molecule has 2 aromatic carbocycles. The Bertz CT molecular complexity index is 1030. The van der Waals surface area contributed by atoms with Crippen LogP contribution < -0.4 is 20.8 Å². The zero-order chi connectivity index (χ0) is 25.6. The van der Waals surface area contributed by atoms with Crippen LogP contribution in [0.5, 0.6) is 5.75 Å². The summed E-state index contributed by atoms with van der Waals surface area (Å²) in [5, 5.41) is 9.45. The molecular weight excluding hydrogens is 472 g/mol. The molecule has 0 heterocycles. The highest BCUT2D eigenvalue weighted by molar-refractivity contribution is 6.35. The molecular formula is C25H31ClN4O5. The Labute approximate surface area is 210 Å². The Morgan fingerprint density at radius 3 is 2.51 bits per heavy atom. The van der Waals surface area contributed by atoms with Crippen LogP contribution in [0.1, 0.15) is 38.3 Å². The maximum atomic E-state index is 12.3. The van der Waals surface area contributed by atoms with E-state index in [1.165, 1.54) is 11.8 Å². The Kier molecular flexibility index (Phi) is 11.7. The number of carbonyl (C=O) groups is 3. The second-order valence-electron chi connectivity index (χ2n) is 7.80. The van der Waals surface area contributed by atoms with Crippen LogP contribution >= 0.6 is 11.6 Å². The fourth-order valence-electron chi connectivity index (χ4n) is 2.80. The molecule has 3 N–H and O–H groups in total. The van der Waals surface area contributed by atoms with Crippen LogP contribution in [0.2, 0.25) is 5.02 Å². The molecule has 0 fully saturated rings. The molecule has 9 nitrogen and oxygen atoms in total. The van der Waals surface area contributed by atoms with Crippen LogP contribution in [0, 0.1) is 0 Å². The average Bonchev–Trinajstić information content (AvgIpc) is 2.83. The summed E-state index contributed by atoms with van der Waals surface area (Å²) in [4.78, 5) is 36.0. The van der Waals surface area contributed by atoms with Crippen molar-refractivity contribution < 1.29 is 23.9 Å². The van der Waals surface area contributed by atoms with Gasteiger partial charge in [-0.2, -0.15) is 5.10 Å². The minimum atomic E-state index is -0.913. The number of hydrogen-bond donors (Lipinski definition) is 3. The third-order valence-corrected chi connectivity index (χ3v) is 4.85. The second-order valence-corrected chi connectivity index (χ2v) is 8.23. The number of anilines is 1. The quantitative estimate of drug-likeness (QED) is 0.178. The van der Waals surface area contributed by atoms with E-state index in [1.807, 2.05) is 38.1 Å². The van der Waals surface area contributed by atoms with Gasteiger partial charge in [0.15, 0.2) is 6.61 Å². The van der Waals surface area contributed by atoms with Crippen LogP contribution in [0.4, 0.5) is 5.69 Å². The zero-order valence-electron chi connectivity index (χ0n) is 20.1. The largest absolute Gasteiger partial charge is 0.483 e. The molecule has 0 bridgehead atoms. The molecule has 0 aliphatic rings. The van der Waals surface area contributed by atoms with Gasteiger partial charge in [-0.05, 0) is 62.6 Å². The Balaban J connectivity index is 1.85. The van der Waals surface area contributed by atoms with Gasteiger partial charge in [0.2, 0.25) is 0 Å². The van der Waals surface area contributed by atoms with Crippen LogP contribution in [-0.4, -0.2) is 49.8 Å². The summed E-state index contributed by atoms with van der Waals surface area (Å²) in [7, 11) is 0. The zero-order valence-corrected chi connectivity index (χ0v) is 20.9. The Hall–Kier alpha value is -3.43. The van der Waals surface area contributed by atoms with Gasteiger partial charge in [-0.15, -0.1) is 0 Å². The Morgan fingerprint density at radius 1 is 1.09 bits per heavy atom. The normalized spacial score (nSPS) is 10.9. The number of halogens is 1. The molecule has 2 aromatic rings. The lowest BCUT2D eigenvalue weighted by Gasteiger charge is -2.10. The molecule has 0 aliphatic carbocycles. The fourth-order valence-corrected chi connectivity index (χ4v) is 2.98. The number of nitrogens with one attached hydrogen (secondary N) is 3. The first-order chi connectivity index (χ1) is 16.8. The van der Waals surface area contributed by atoms with Crippen molar-refractivity contribution in [1.29, 1.82) is 0 Å². The van der Waals surface area contributed by atoms with Gasteiger partial charge in [0, 0.05) is 29.4 Å². The van der Waals surface area contributed by atoms with E-state index in [1.54, 1.807) is 18.2 Å². The van der Waals surface area contributed by atoms with Gasteiger partial charge < -0.3 is 20.1 Å². The first kappa shape index (κ1) is 27.8. The standard InChI is InChI=1S/C25H31ClN4O5/c1-4-18-6-9-21(10-7-18)29-23(31)16-35-22-11-8-20(26)14-19(22)15-28-30-25(33)24(32)27-12-5-13-34-17(2)3/h6-11,14-15,17H,4-5,12-13,16H2,1-3H3,(H,27,32)(H,29,31)(H,30,33)/b28-15-. The third kappa shape index (κ3) is 10.6. The summed E-state index contributed by atoms with van der Waals surface area (Å²) in [6.07, 6.45) is 2.89. The van der Waals surface area contributed by atoms with E-state index in [2.05, 4.69) is 28.1 Å². The maximum Gasteiger partial charge on any atom is 0.329 e. The molecule has 2 rings (SSSR count). The van der Waals surface area contributed by atoms with Gasteiger partial charge >= 0.3 is 11.8 Å². The predicted octanol–water partition coefficient (Wildman–Crippen LogP) is 3.30. The van der Waals surface area contributed by atoms with Crippen molar-refractivity contribution in [2.45, 2.75) is 39.7 Å². The van der Waals surface area contributed by atoms with Crippen LogP contribution in [0.25, 0.3) is 0 Å². The molecule has 0 atom stereocenters. The fraction of sp³-hybridized carbons (Fsp3) is 0.360. The Morgan fingerprint density at radius 2 is 1.83 bits per heavy atom. The van der Waals surface area contributed by atoms with Crippen LogP contribution in [0.15, 0.2) is 47.6 Å². The first-order valence-corrected chi connectivity index (χ1v) is 11.7. The lowest BCUT2D eigenvalue weighted by Crippen LogP contribution is -2.38. The minimum absolute atomic E-state index is 0.107. The molecule has 188 valence electrons. The lowest BCUT2D eigenvalue weighted by molar-refractivity contribution is -0.139. The number of amides is 3. The summed E-state index contributed by atoms with van der Waals surface area (Å²) in [5.41, 5.74) is 4.41. The van der Waals surface area contributed by atoms with Crippen molar-refractivity contribution in [3.8, 4) is 5.75 Å². The first-order valence-electron chi connectivity index (χ1n) is 11.3. The van der Waals surface area contributed by atoms with E-state index in [9.17, 15) is 14.4 Å². The van der Waals surface area contributed by atoms with Gasteiger partial charge in [-0.1, -0.05) is 30.7 Å². The lowest BCUT2D eigenvalue weighted by atomic mass is 10.1. The van der Waals surface area contributed by atoms with Gasteiger partial charge in [0.1, 0.15) is 5.75 Å². The van der Waals surface area contributed by atoms with Crippen molar-refractivity contribution >= 4 is 41.2 Å². The van der Waals surface area contributed by atoms with E-state index in [4.69, 9.17) is 21.1 Å². The van der Waals surface area contributed by atoms with E-state index < -0.39 is 11.8 Å². The van der Waals surface area contributed by atoms with Gasteiger partial charge in [-0.25, -0.2) is 5.43 Å². The maximum absolute atomic E-state index is 12.3. The number of carbonyl (C=O) groups excluding carboxylic acids is 3. The number of aryl methyl sites for hydroxylation is 1. The van der Waals surface area contributed by atoms with Crippen molar-refractivity contribution in [1.82, 2.24) is 10.7 Å². The number of ether oxygens (including phenoxy) is 2. The summed E-state index contributed by atoms with van der Waals surface area (Å²) < 4.78 is 11.0. The summed E-state index contributed by atoms with van der Waals surface area (Å²) >= 11 is 6.05. The van der Waals surface area contributed by atoms with Crippen molar-refractivity contribution in [2.75, 3.05) is 25.1 Å². The molecule has 35 heavy (non-hydrogen) atoms. The second kappa shape index (κ2) is 14.7. The minimum Gasteiger partial charge on any atom is -0.483 e. The highest BCUT2D eigenvalue weighted by atomic mass is 35.5. The number of nitrogens with zero attached hydrogens (tertiary/aromatic N) is 1. The predicted molar refractivity (Wildman–Crippen MR) is 136 cm³/mol. The van der Waals surface area contributed by atoms with E-state index in [-0.39, 0.29) is 18.6 Å². The molecule has 0 aliphatic heterocycles. The van der Waals surface area contributed by atoms with Gasteiger partial charge in [0.25, 0.3) is 5.91 Å². The van der Waals surface area contributed by atoms with Gasteiger partial charge in [-0.3, -0.25) is 14.4 Å². The van der Waals surface area contributed by atoms with E-state index in [0.29, 0.717) is 41.6 Å². The van der Waals surface area contributed by atoms with Crippen LogP contribution in [0.3, 0.4) is 0 Å². The van der Waals surface area contributed by atoms with Crippen molar-refractivity contribution in [3.63, 3.8) is 0 Å². The SMILES string of the molecule is CCc1ccc(NC(=O)COc2ccc(Cl)cc2/C=N\NC(=O)C(=O)NCCCOC(C)C)cc1. The molecule has 3 amide bonds. The highest BCUT2D eigenvalue weighted by Gasteiger charge is 2.12. The molecule has 0 saturated carbocycles. The van der Waals surface area contributed by atoms with Crippen LogP contribution in [-0.2, 0) is 25.5 Å².